The molecule has 0 saturated heterocycles. The number of carbonyl (C=O) groups is 1. The molecule has 2 heteroatoms. The molecule has 2 bridgehead atoms. The first kappa shape index (κ1) is 14.4. The molecule has 0 amide bonds. The van der Waals surface area contributed by atoms with E-state index in [1.54, 1.807) is 0 Å². The highest BCUT2D eigenvalue weighted by molar-refractivity contribution is 5.78. The lowest BCUT2D eigenvalue weighted by atomic mass is 9.78. The first-order chi connectivity index (χ1) is 9.39. The normalized spacial score (nSPS) is 50.6. The Morgan fingerprint density at radius 1 is 1.25 bits per heavy atom. The topological polar surface area (TPSA) is 26.3 Å². The fourth-order valence-electron chi connectivity index (χ4n) is 4.93. The van der Waals surface area contributed by atoms with Gasteiger partial charge in [-0.2, -0.15) is 0 Å². The lowest BCUT2D eigenvalue weighted by Gasteiger charge is -2.40. The van der Waals surface area contributed by atoms with E-state index in [4.69, 9.17) is 18.6 Å². The summed E-state index contributed by atoms with van der Waals surface area (Å²) in [6, 6.07) is 0. The Hall–Kier alpha value is -0.530. The van der Waals surface area contributed by atoms with Crippen LogP contribution in [0.4, 0.5) is 0 Å². The fourth-order valence-corrected chi connectivity index (χ4v) is 4.93. The van der Waals surface area contributed by atoms with Crippen LogP contribution < -0.4 is 0 Å². The van der Waals surface area contributed by atoms with Gasteiger partial charge in [-0.1, -0.05) is 6.92 Å². The summed E-state index contributed by atoms with van der Waals surface area (Å²) in [5.74, 6) is 1.08. The molecule has 0 aliphatic heterocycles. The molecule has 4 radical (unpaired) electrons. The summed E-state index contributed by atoms with van der Waals surface area (Å²) < 4.78 is 6.11. The van der Waals surface area contributed by atoms with Crippen molar-refractivity contribution >= 4 is 5.97 Å². The summed E-state index contributed by atoms with van der Waals surface area (Å²) in [7, 11) is 0. The zero-order chi connectivity index (χ0) is 14.5. The second-order valence-electron chi connectivity index (χ2n) is 7.61. The molecular formula is C18H26O2. The molecule has 3 saturated carbocycles. The van der Waals surface area contributed by atoms with Gasteiger partial charge in [-0.25, -0.2) is 0 Å². The Morgan fingerprint density at radius 2 is 2.00 bits per heavy atom. The SMILES string of the molecule is [CH]C1CC([CH])C(C)(C(=O)OC2(CC)CC3CCC2C3)C1. The van der Waals surface area contributed by atoms with Gasteiger partial charge in [0.2, 0.25) is 0 Å². The van der Waals surface area contributed by atoms with Gasteiger partial charge in [0.05, 0.1) is 5.41 Å². The van der Waals surface area contributed by atoms with E-state index in [1.807, 2.05) is 6.92 Å². The van der Waals surface area contributed by atoms with Crippen LogP contribution in [0, 0.1) is 42.9 Å². The smallest absolute Gasteiger partial charge is 0.312 e. The van der Waals surface area contributed by atoms with Gasteiger partial charge in [0.15, 0.2) is 0 Å². The first-order valence-electron chi connectivity index (χ1n) is 8.14. The monoisotopic (exact) mass is 274 g/mol. The molecule has 0 aromatic rings. The molecular weight excluding hydrogens is 248 g/mol. The number of carbonyl (C=O) groups excluding carboxylic acids is 1. The zero-order valence-corrected chi connectivity index (χ0v) is 12.7. The molecule has 3 aliphatic carbocycles. The molecule has 0 heterocycles. The molecule has 3 fully saturated rings. The minimum atomic E-state index is -0.594. The van der Waals surface area contributed by atoms with Crippen molar-refractivity contribution < 1.29 is 9.53 Å². The summed E-state index contributed by atoms with van der Waals surface area (Å²) in [5, 5.41) is 0. The Balaban J connectivity index is 1.75. The van der Waals surface area contributed by atoms with E-state index in [0.717, 1.165) is 25.2 Å². The highest BCUT2D eigenvalue weighted by Crippen LogP contribution is 2.55. The van der Waals surface area contributed by atoms with Crippen LogP contribution in [0.3, 0.4) is 0 Å². The summed E-state index contributed by atoms with van der Waals surface area (Å²) in [6.07, 6.45) is 7.12. The van der Waals surface area contributed by atoms with E-state index in [9.17, 15) is 4.79 Å². The molecule has 6 unspecified atom stereocenters. The van der Waals surface area contributed by atoms with Gasteiger partial charge < -0.3 is 4.74 Å². The minimum Gasteiger partial charge on any atom is -0.458 e. The van der Waals surface area contributed by atoms with Crippen molar-refractivity contribution in [2.45, 2.75) is 64.4 Å². The third-order valence-corrected chi connectivity index (χ3v) is 6.34. The number of fused-ring (bicyclic) bond motifs is 2. The summed E-state index contributed by atoms with van der Waals surface area (Å²) >= 11 is 0. The molecule has 20 heavy (non-hydrogen) atoms. The van der Waals surface area contributed by atoms with Crippen LogP contribution in [0.2, 0.25) is 0 Å². The Labute approximate surface area is 123 Å². The number of hydrogen-bond donors (Lipinski definition) is 0. The van der Waals surface area contributed by atoms with Gasteiger partial charge in [0, 0.05) is 0 Å². The van der Waals surface area contributed by atoms with Gasteiger partial charge in [-0.05, 0) is 89.4 Å². The van der Waals surface area contributed by atoms with Crippen LogP contribution in [0.5, 0.6) is 0 Å². The largest absolute Gasteiger partial charge is 0.458 e. The average molecular weight is 274 g/mol. The van der Waals surface area contributed by atoms with Crippen LogP contribution in [-0.4, -0.2) is 11.6 Å². The molecule has 110 valence electrons. The van der Waals surface area contributed by atoms with Gasteiger partial charge >= 0.3 is 5.97 Å². The Bertz CT molecular complexity index is 404. The van der Waals surface area contributed by atoms with E-state index >= 15 is 0 Å². The maximum Gasteiger partial charge on any atom is 0.312 e. The van der Waals surface area contributed by atoms with Gasteiger partial charge in [0.25, 0.3) is 0 Å². The van der Waals surface area contributed by atoms with E-state index in [-0.39, 0.29) is 23.4 Å². The fraction of sp³-hybridized carbons (Fsp3) is 0.833. The molecule has 2 nitrogen and oxygen atoms in total. The van der Waals surface area contributed by atoms with Crippen molar-refractivity contribution in [1.29, 1.82) is 0 Å². The summed E-state index contributed by atoms with van der Waals surface area (Å²) in [5.41, 5.74) is -0.807. The van der Waals surface area contributed by atoms with Crippen LogP contribution in [-0.2, 0) is 9.53 Å². The molecule has 0 aromatic heterocycles. The predicted octanol–water partition coefficient (Wildman–Crippen LogP) is 3.95. The van der Waals surface area contributed by atoms with E-state index in [1.165, 1.54) is 19.3 Å². The van der Waals surface area contributed by atoms with E-state index < -0.39 is 5.41 Å². The molecule has 6 atom stereocenters. The second kappa shape index (κ2) is 4.74. The van der Waals surface area contributed by atoms with Gasteiger partial charge in [0.1, 0.15) is 5.60 Å². The highest BCUT2D eigenvalue weighted by atomic mass is 16.6. The van der Waals surface area contributed by atoms with Crippen molar-refractivity contribution in [3.63, 3.8) is 0 Å². The Morgan fingerprint density at radius 3 is 2.45 bits per heavy atom. The number of rotatable bonds is 3. The molecule has 0 aromatic carbocycles. The van der Waals surface area contributed by atoms with Crippen LogP contribution in [0.1, 0.15) is 58.8 Å². The molecule has 0 N–H and O–H groups in total. The summed E-state index contributed by atoms with van der Waals surface area (Å²) in [6.45, 7) is 16.2. The van der Waals surface area contributed by atoms with E-state index in [2.05, 4.69) is 6.92 Å². The third kappa shape index (κ3) is 2.02. The van der Waals surface area contributed by atoms with Crippen LogP contribution in [0.15, 0.2) is 0 Å². The van der Waals surface area contributed by atoms with Crippen LogP contribution in [0.25, 0.3) is 0 Å². The van der Waals surface area contributed by atoms with Crippen molar-refractivity contribution in [3.05, 3.63) is 13.8 Å². The lowest BCUT2D eigenvalue weighted by molar-refractivity contribution is -0.179. The number of ether oxygens (including phenoxy) is 1. The number of hydrogen-bond acceptors (Lipinski definition) is 2. The molecule has 3 rings (SSSR count). The van der Waals surface area contributed by atoms with Crippen molar-refractivity contribution in [2.24, 2.45) is 29.1 Å². The van der Waals surface area contributed by atoms with E-state index in [0.29, 0.717) is 12.3 Å². The highest BCUT2D eigenvalue weighted by Gasteiger charge is 2.55. The first-order valence-corrected chi connectivity index (χ1v) is 8.14. The maximum absolute atomic E-state index is 12.8. The van der Waals surface area contributed by atoms with Crippen LogP contribution >= 0.6 is 0 Å². The third-order valence-electron chi connectivity index (χ3n) is 6.34. The average Bonchev–Trinajstić information content (AvgIpc) is 3.04. The minimum absolute atomic E-state index is 0.0279. The molecule has 0 spiro atoms. The maximum atomic E-state index is 12.8. The lowest BCUT2D eigenvalue weighted by Crippen LogP contribution is -2.45. The second-order valence-corrected chi connectivity index (χ2v) is 7.61. The van der Waals surface area contributed by atoms with Crippen molar-refractivity contribution in [1.82, 2.24) is 0 Å². The van der Waals surface area contributed by atoms with Gasteiger partial charge in [-0.3, -0.25) is 4.79 Å². The van der Waals surface area contributed by atoms with Crippen molar-refractivity contribution in [3.8, 4) is 0 Å². The molecule has 3 aliphatic rings. The predicted molar refractivity (Wildman–Crippen MR) is 77.5 cm³/mol. The van der Waals surface area contributed by atoms with Gasteiger partial charge in [-0.15, -0.1) is 0 Å². The Kier molecular flexibility index (Phi) is 3.42. The zero-order valence-electron chi connectivity index (χ0n) is 12.7. The number of esters is 1. The quantitative estimate of drug-likeness (QED) is 0.728. The van der Waals surface area contributed by atoms with Crippen molar-refractivity contribution in [2.75, 3.05) is 0 Å². The standard InChI is InChI=1S/C18H26O2/c1-5-18(11-14-6-7-15(18)9-14)20-16(19)17(4)10-12(2)8-13(17)3/h2-3,12-15H,5-11H2,1,4H3. The summed E-state index contributed by atoms with van der Waals surface area (Å²) in [4.78, 5) is 12.8.